The fourth-order valence-corrected chi connectivity index (χ4v) is 4.10. The van der Waals surface area contributed by atoms with Gasteiger partial charge in [-0.05, 0) is 68.4 Å². The zero-order valence-corrected chi connectivity index (χ0v) is 12.6. The first kappa shape index (κ1) is 13.6. The SMILES string of the molecule is NCC1CCC(CN(Cc2cccs2)C2CC2)CC1. The Kier molecular flexibility index (Phi) is 4.57. The molecule has 2 fully saturated rings. The van der Waals surface area contributed by atoms with Crippen LogP contribution < -0.4 is 5.73 Å². The number of thiophene rings is 1. The van der Waals surface area contributed by atoms with Crippen LogP contribution in [0.25, 0.3) is 0 Å². The average Bonchev–Trinajstić information content (AvgIpc) is 3.17. The highest BCUT2D eigenvalue weighted by atomic mass is 32.1. The Labute approximate surface area is 121 Å². The molecule has 1 aromatic heterocycles. The van der Waals surface area contributed by atoms with Crippen LogP contribution in [-0.4, -0.2) is 24.0 Å². The second-order valence-corrected chi connectivity index (χ2v) is 7.39. The predicted molar refractivity (Wildman–Crippen MR) is 82.3 cm³/mol. The van der Waals surface area contributed by atoms with Gasteiger partial charge in [0.1, 0.15) is 0 Å². The molecule has 2 nitrogen and oxygen atoms in total. The molecule has 106 valence electrons. The lowest BCUT2D eigenvalue weighted by molar-refractivity contribution is 0.170. The van der Waals surface area contributed by atoms with Gasteiger partial charge in [0, 0.05) is 24.0 Å². The fraction of sp³-hybridized carbons (Fsp3) is 0.750. The van der Waals surface area contributed by atoms with E-state index < -0.39 is 0 Å². The van der Waals surface area contributed by atoms with Crippen LogP contribution in [0, 0.1) is 11.8 Å². The Balaban J connectivity index is 1.51. The molecule has 0 bridgehead atoms. The lowest BCUT2D eigenvalue weighted by Gasteiger charge is -2.32. The van der Waals surface area contributed by atoms with Gasteiger partial charge in [-0.15, -0.1) is 11.3 Å². The van der Waals surface area contributed by atoms with Gasteiger partial charge in [0.05, 0.1) is 0 Å². The summed E-state index contributed by atoms with van der Waals surface area (Å²) >= 11 is 1.90. The van der Waals surface area contributed by atoms with Crippen molar-refractivity contribution in [1.29, 1.82) is 0 Å². The van der Waals surface area contributed by atoms with Crippen molar-refractivity contribution >= 4 is 11.3 Å². The summed E-state index contributed by atoms with van der Waals surface area (Å²) in [5.74, 6) is 1.73. The molecule has 0 spiro atoms. The van der Waals surface area contributed by atoms with E-state index in [4.69, 9.17) is 5.73 Å². The van der Waals surface area contributed by atoms with Crippen molar-refractivity contribution in [3.05, 3.63) is 22.4 Å². The molecular weight excluding hydrogens is 252 g/mol. The molecule has 0 atom stereocenters. The molecular formula is C16H26N2S. The van der Waals surface area contributed by atoms with Crippen molar-refractivity contribution in [2.75, 3.05) is 13.1 Å². The van der Waals surface area contributed by atoms with Gasteiger partial charge in [-0.25, -0.2) is 0 Å². The molecule has 1 heterocycles. The van der Waals surface area contributed by atoms with E-state index in [0.717, 1.165) is 24.4 Å². The van der Waals surface area contributed by atoms with Gasteiger partial charge in [-0.1, -0.05) is 6.07 Å². The molecule has 2 saturated carbocycles. The van der Waals surface area contributed by atoms with Crippen LogP contribution in [0.3, 0.4) is 0 Å². The van der Waals surface area contributed by atoms with Gasteiger partial charge in [0.2, 0.25) is 0 Å². The van der Waals surface area contributed by atoms with Crippen LogP contribution in [0.2, 0.25) is 0 Å². The van der Waals surface area contributed by atoms with E-state index in [1.807, 2.05) is 11.3 Å². The van der Waals surface area contributed by atoms with Crippen molar-refractivity contribution in [2.45, 2.75) is 51.1 Å². The molecule has 0 aromatic carbocycles. The predicted octanol–water partition coefficient (Wildman–Crippen LogP) is 3.48. The standard InChI is InChI=1S/C16H26N2S/c17-10-13-3-5-14(6-4-13)11-18(15-7-8-15)12-16-2-1-9-19-16/h1-2,9,13-15H,3-8,10-12,17H2. The highest BCUT2D eigenvalue weighted by molar-refractivity contribution is 7.09. The highest BCUT2D eigenvalue weighted by Crippen LogP contribution is 2.34. The topological polar surface area (TPSA) is 29.3 Å². The fourth-order valence-electron chi connectivity index (χ4n) is 3.37. The van der Waals surface area contributed by atoms with Gasteiger partial charge >= 0.3 is 0 Å². The third-order valence-corrected chi connectivity index (χ3v) is 5.66. The zero-order chi connectivity index (χ0) is 13.1. The van der Waals surface area contributed by atoms with Crippen LogP contribution in [-0.2, 0) is 6.54 Å². The second kappa shape index (κ2) is 6.38. The summed E-state index contributed by atoms with van der Waals surface area (Å²) in [6, 6.07) is 5.34. The van der Waals surface area contributed by atoms with Crippen molar-refractivity contribution in [2.24, 2.45) is 17.6 Å². The molecule has 1 aromatic rings. The minimum atomic E-state index is 0.808. The molecule has 3 heteroatoms. The lowest BCUT2D eigenvalue weighted by Crippen LogP contribution is -2.33. The normalized spacial score (nSPS) is 27.9. The van der Waals surface area contributed by atoms with E-state index in [1.54, 1.807) is 0 Å². The van der Waals surface area contributed by atoms with Gasteiger partial charge < -0.3 is 5.73 Å². The largest absolute Gasteiger partial charge is 0.330 e. The van der Waals surface area contributed by atoms with Crippen molar-refractivity contribution in [3.63, 3.8) is 0 Å². The van der Waals surface area contributed by atoms with Crippen molar-refractivity contribution in [3.8, 4) is 0 Å². The van der Waals surface area contributed by atoms with Crippen LogP contribution in [0.4, 0.5) is 0 Å². The zero-order valence-electron chi connectivity index (χ0n) is 11.8. The van der Waals surface area contributed by atoms with Crippen LogP contribution in [0.5, 0.6) is 0 Å². The van der Waals surface area contributed by atoms with E-state index >= 15 is 0 Å². The van der Waals surface area contributed by atoms with Crippen molar-refractivity contribution < 1.29 is 0 Å². The van der Waals surface area contributed by atoms with E-state index in [9.17, 15) is 0 Å². The smallest absolute Gasteiger partial charge is 0.0330 e. The Bertz CT molecular complexity index is 364. The van der Waals surface area contributed by atoms with E-state index in [1.165, 1.54) is 56.5 Å². The maximum Gasteiger partial charge on any atom is 0.0330 e. The highest BCUT2D eigenvalue weighted by Gasteiger charge is 2.31. The number of hydrogen-bond acceptors (Lipinski definition) is 3. The summed E-state index contributed by atoms with van der Waals surface area (Å²) in [6.07, 6.45) is 8.36. The van der Waals surface area contributed by atoms with E-state index in [-0.39, 0.29) is 0 Å². The van der Waals surface area contributed by atoms with Gasteiger partial charge in [0.15, 0.2) is 0 Å². The molecule has 0 radical (unpaired) electrons. The number of nitrogens with zero attached hydrogens (tertiary/aromatic N) is 1. The monoisotopic (exact) mass is 278 g/mol. The van der Waals surface area contributed by atoms with Gasteiger partial charge in [0.25, 0.3) is 0 Å². The molecule has 2 aliphatic carbocycles. The minimum absolute atomic E-state index is 0.808. The Morgan fingerprint density at radius 3 is 2.42 bits per heavy atom. The molecule has 0 aliphatic heterocycles. The molecule has 0 saturated heterocycles. The Hall–Kier alpha value is -0.380. The summed E-state index contributed by atoms with van der Waals surface area (Å²) in [4.78, 5) is 4.28. The summed E-state index contributed by atoms with van der Waals surface area (Å²) in [5, 5.41) is 2.20. The Morgan fingerprint density at radius 2 is 1.84 bits per heavy atom. The summed E-state index contributed by atoms with van der Waals surface area (Å²) in [6.45, 7) is 3.40. The lowest BCUT2D eigenvalue weighted by atomic mass is 9.82. The van der Waals surface area contributed by atoms with E-state index in [2.05, 4.69) is 22.4 Å². The molecule has 19 heavy (non-hydrogen) atoms. The van der Waals surface area contributed by atoms with Gasteiger partial charge in [-0.2, -0.15) is 0 Å². The summed E-state index contributed by atoms with van der Waals surface area (Å²) < 4.78 is 0. The van der Waals surface area contributed by atoms with Crippen LogP contribution in [0.15, 0.2) is 17.5 Å². The third kappa shape index (κ3) is 3.80. The first-order chi connectivity index (χ1) is 9.35. The van der Waals surface area contributed by atoms with Crippen LogP contribution >= 0.6 is 11.3 Å². The molecule has 2 aliphatic rings. The molecule has 2 N–H and O–H groups in total. The summed E-state index contributed by atoms with van der Waals surface area (Å²) in [7, 11) is 0. The first-order valence-corrected chi connectivity index (χ1v) is 8.69. The van der Waals surface area contributed by atoms with E-state index in [0.29, 0.717) is 0 Å². The molecule has 0 amide bonds. The maximum atomic E-state index is 5.79. The quantitative estimate of drug-likeness (QED) is 0.863. The average molecular weight is 278 g/mol. The first-order valence-electron chi connectivity index (χ1n) is 7.81. The van der Waals surface area contributed by atoms with Gasteiger partial charge in [-0.3, -0.25) is 4.90 Å². The molecule has 0 unspecified atom stereocenters. The van der Waals surface area contributed by atoms with Crippen LogP contribution in [0.1, 0.15) is 43.4 Å². The Morgan fingerprint density at radius 1 is 1.11 bits per heavy atom. The molecule has 3 rings (SSSR count). The number of rotatable bonds is 6. The number of nitrogens with two attached hydrogens (primary N) is 1. The summed E-state index contributed by atoms with van der Waals surface area (Å²) in [5.41, 5.74) is 5.79. The second-order valence-electron chi connectivity index (χ2n) is 6.36. The third-order valence-electron chi connectivity index (χ3n) is 4.79. The minimum Gasteiger partial charge on any atom is -0.330 e. The number of hydrogen-bond donors (Lipinski definition) is 1. The van der Waals surface area contributed by atoms with Crippen molar-refractivity contribution in [1.82, 2.24) is 4.90 Å². The maximum absolute atomic E-state index is 5.79.